The quantitative estimate of drug-likeness (QED) is 0.839. The third-order valence-corrected chi connectivity index (χ3v) is 4.45. The second-order valence-corrected chi connectivity index (χ2v) is 7.13. The van der Waals surface area contributed by atoms with Crippen LogP contribution < -0.4 is 9.62 Å². The van der Waals surface area contributed by atoms with Gasteiger partial charge in [-0.3, -0.25) is 9.10 Å². The molecular formula is C15H24N2O3S. The molecule has 1 N–H and O–H groups in total. The summed E-state index contributed by atoms with van der Waals surface area (Å²) in [5.41, 5.74) is 0.491. The largest absolute Gasteiger partial charge is 0.352 e. The number of hydrogen-bond acceptors (Lipinski definition) is 3. The van der Waals surface area contributed by atoms with E-state index in [-0.39, 0.29) is 11.9 Å². The minimum absolute atomic E-state index is 0.0298. The number of benzene rings is 1. The lowest BCUT2D eigenvalue weighted by molar-refractivity contribution is -0.122. The Kier molecular flexibility index (Phi) is 6.20. The van der Waals surface area contributed by atoms with Crippen molar-refractivity contribution >= 4 is 21.6 Å². The number of carbonyl (C=O) groups excluding carboxylic acids is 1. The second-order valence-electron chi connectivity index (χ2n) is 5.27. The van der Waals surface area contributed by atoms with E-state index in [2.05, 4.69) is 5.32 Å². The summed E-state index contributed by atoms with van der Waals surface area (Å²) in [6, 6.07) is 7.90. The van der Waals surface area contributed by atoms with Crippen molar-refractivity contribution < 1.29 is 13.2 Å². The van der Waals surface area contributed by atoms with E-state index in [1.807, 2.05) is 13.8 Å². The van der Waals surface area contributed by atoms with Crippen LogP contribution in [0.5, 0.6) is 0 Å². The summed E-state index contributed by atoms with van der Waals surface area (Å²) in [7, 11) is -3.54. The Morgan fingerprint density at radius 2 is 1.81 bits per heavy atom. The van der Waals surface area contributed by atoms with Crippen molar-refractivity contribution in [3.8, 4) is 0 Å². The highest BCUT2D eigenvalue weighted by Gasteiger charge is 2.29. The van der Waals surface area contributed by atoms with Crippen LogP contribution in [-0.4, -0.2) is 32.7 Å². The van der Waals surface area contributed by atoms with Crippen molar-refractivity contribution in [1.82, 2.24) is 5.32 Å². The van der Waals surface area contributed by atoms with Gasteiger partial charge >= 0.3 is 0 Å². The first-order chi connectivity index (χ1) is 9.77. The Morgan fingerprint density at radius 1 is 1.24 bits per heavy atom. The molecule has 2 atom stereocenters. The number of nitrogens with one attached hydrogen (secondary N) is 1. The molecule has 0 aliphatic carbocycles. The van der Waals surface area contributed by atoms with Gasteiger partial charge in [0, 0.05) is 6.04 Å². The summed E-state index contributed by atoms with van der Waals surface area (Å²) in [4.78, 5) is 12.3. The first-order valence-corrected chi connectivity index (χ1v) is 8.97. The number of rotatable bonds is 7. The van der Waals surface area contributed by atoms with E-state index in [1.165, 1.54) is 0 Å². The SMILES string of the molecule is CCCC(C)NC(=O)C(C)N(c1ccccc1)S(C)(=O)=O. The van der Waals surface area contributed by atoms with Crippen LogP contribution in [0.4, 0.5) is 5.69 Å². The number of nitrogens with zero attached hydrogens (tertiary/aromatic N) is 1. The van der Waals surface area contributed by atoms with Crippen LogP contribution in [0, 0.1) is 0 Å². The molecule has 0 bridgehead atoms. The molecule has 2 unspecified atom stereocenters. The minimum Gasteiger partial charge on any atom is -0.352 e. The molecule has 1 rings (SSSR count). The molecule has 5 nitrogen and oxygen atoms in total. The van der Waals surface area contributed by atoms with Gasteiger partial charge < -0.3 is 5.32 Å². The summed E-state index contributed by atoms with van der Waals surface area (Å²) in [5, 5.41) is 2.86. The topological polar surface area (TPSA) is 66.5 Å². The van der Waals surface area contributed by atoms with Crippen LogP contribution in [0.3, 0.4) is 0 Å². The molecule has 0 saturated heterocycles. The first kappa shape index (κ1) is 17.5. The van der Waals surface area contributed by atoms with Gasteiger partial charge in [-0.1, -0.05) is 31.5 Å². The van der Waals surface area contributed by atoms with E-state index in [9.17, 15) is 13.2 Å². The van der Waals surface area contributed by atoms with Crippen molar-refractivity contribution in [1.29, 1.82) is 0 Å². The molecule has 21 heavy (non-hydrogen) atoms. The molecule has 0 spiro atoms. The van der Waals surface area contributed by atoms with Gasteiger partial charge in [-0.2, -0.15) is 0 Å². The van der Waals surface area contributed by atoms with Crippen molar-refractivity contribution in [3.05, 3.63) is 30.3 Å². The van der Waals surface area contributed by atoms with Crippen LogP contribution in [0.1, 0.15) is 33.6 Å². The van der Waals surface area contributed by atoms with E-state index in [1.54, 1.807) is 37.3 Å². The fourth-order valence-electron chi connectivity index (χ4n) is 2.25. The molecular weight excluding hydrogens is 288 g/mol. The van der Waals surface area contributed by atoms with Gasteiger partial charge in [-0.15, -0.1) is 0 Å². The van der Waals surface area contributed by atoms with Gasteiger partial charge in [0.25, 0.3) is 0 Å². The zero-order chi connectivity index (χ0) is 16.0. The second kappa shape index (κ2) is 7.45. The molecule has 0 radical (unpaired) electrons. The third-order valence-electron chi connectivity index (χ3n) is 3.21. The normalized spacial score (nSPS) is 14.3. The number of carbonyl (C=O) groups is 1. The van der Waals surface area contributed by atoms with Crippen molar-refractivity contribution in [2.75, 3.05) is 10.6 Å². The van der Waals surface area contributed by atoms with Crippen LogP contribution in [0.15, 0.2) is 30.3 Å². The van der Waals surface area contributed by atoms with Crippen molar-refractivity contribution in [3.63, 3.8) is 0 Å². The summed E-state index contributed by atoms with van der Waals surface area (Å²) >= 11 is 0. The van der Waals surface area contributed by atoms with Gasteiger partial charge in [0.15, 0.2) is 0 Å². The lowest BCUT2D eigenvalue weighted by Crippen LogP contribution is -2.49. The summed E-state index contributed by atoms with van der Waals surface area (Å²) < 4.78 is 25.2. The fourth-order valence-corrected chi connectivity index (χ4v) is 3.43. The Bertz CT molecular complexity index is 558. The molecule has 0 fully saturated rings. The maximum Gasteiger partial charge on any atom is 0.243 e. The molecule has 0 heterocycles. The van der Waals surface area contributed by atoms with Crippen LogP contribution in [0.2, 0.25) is 0 Å². The average Bonchev–Trinajstić information content (AvgIpc) is 2.38. The molecule has 0 aromatic heterocycles. The van der Waals surface area contributed by atoms with E-state index in [0.29, 0.717) is 5.69 Å². The molecule has 1 aromatic rings. The predicted molar refractivity (Wildman–Crippen MR) is 85.7 cm³/mol. The van der Waals surface area contributed by atoms with Gasteiger partial charge in [-0.05, 0) is 32.4 Å². The van der Waals surface area contributed by atoms with E-state index in [0.717, 1.165) is 23.4 Å². The highest BCUT2D eigenvalue weighted by atomic mass is 32.2. The number of sulfonamides is 1. The maximum absolute atomic E-state index is 12.3. The maximum atomic E-state index is 12.3. The van der Waals surface area contributed by atoms with Crippen LogP contribution >= 0.6 is 0 Å². The van der Waals surface area contributed by atoms with Crippen molar-refractivity contribution in [2.45, 2.75) is 45.7 Å². The summed E-state index contributed by atoms with van der Waals surface area (Å²) in [6.45, 7) is 5.56. The Hall–Kier alpha value is -1.56. The lowest BCUT2D eigenvalue weighted by Gasteiger charge is -2.29. The lowest BCUT2D eigenvalue weighted by atomic mass is 10.2. The first-order valence-electron chi connectivity index (χ1n) is 7.12. The van der Waals surface area contributed by atoms with E-state index in [4.69, 9.17) is 0 Å². The zero-order valence-corrected chi connectivity index (χ0v) is 13.9. The molecule has 1 amide bonds. The molecule has 0 saturated carbocycles. The Balaban J connectivity index is 2.97. The van der Waals surface area contributed by atoms with Gasteiger partial charge in [0.05, 0.1) is 11.9 Å². The minimum atomic E-state index is -3.54. The predicted octanol–water partition coefficient (Wildman–Crippen LogP) is 2.15. The smallest absolute Gasteiger partial charge is 0.243 e. The summed E-state index contributed by atoms with van der Waals surface area (Å²) in [5.74, 6) is -0.287. The number of hydrogen-bond donors (Lipinski definition) is 1. The average molecular weight is 312 g/mol. The molecule has 6 heteroatoms. The van der Waals surface area contributed by atoms with Gasteiger partial charge in [0.1, 0.15) is 6.04 Å². The number of amides is 1. The highest BCUT2D eigenvalue weighted by molar-refractivity contribution is 7.92. The Labute approximate surface area is 127 Å². The zero-order valence-electron chi connectivity index (χ0n) is 13.0. The van der Waals surface area contributed by atoms with E-state index >= 15 is 0 Å². The highest BCUT2D eigenvalue weighted by Crippen LogP contribution is 2.20. The van der Waals surface area contributed by atoms with Crippen LogP contribution in [0.25, 0.3) is 0 Å². The fraction of sp³-hybridized carbons (Fsp3) is 0.533. The molecule has 0 aliphatic rings. The van der Waals surface area contributed by atoms with Gasteiger partial charge in [-0.25, -0.2) is 8.42 Å². The van der Waals surface area contributed by atoms with E-state index < -0.39 is 16.1 Å². The summed E-state index contributed by atoms with van der Waals surface area (Å²) in [6.07, 6.45) is 2.94. The molecule has 118 valence electrons. The number of para-hydroxylation sites is 1. The Morgan fingerprint density at radius 3 is 2.29 bits per heavy atom. The standard InChI is InChI=1S/C15H24N2O3S/c1-5-9-12(2)16-15(18)13(3)17(21(4,19)20)14-10-7-6-8-11-14/h6-8,10-13H,5,9H2,1-4H3,(H,16,18). The van der Waals surface area contributed by atoms with Crippen molar-refractivity contribution in [2.24, 2.45) is 0 Å². The number of anilines is 1. The van der Waals surface area contributed by atoms with Crippen LogP contribution in [-0.2, 0) is 14.8 Å². The molecule has 1 aromatic carbocycles. The molecule has 0 aliphatic heterocycles. The van der Waals surface area contributed by atoms with Gasteiger partial charge in [0.2, 0.25) is 15.9 Å². The third kappa shape index (κ3) is 5.04. The monoisotopic (exact) mass is 312 g/mol.